The van der Waals surface area contributed by atoms with Gasteiger partial charge in [0.2, 0.25) is 0 Å². The maximum atomic E-state index is 11.6. The summed E-state index contributed by atoms with van der Waals surface area (Å²) >= 11 is 0. The zero-order valence-electron chi connectivity index (χ0n) is 18.5. The average molecular weight is 449 g/mol. The highest BCUT2D eigenvalue weighted by atomic mass is 16.5. The van der Waals surface area contributed by atoms with Crippen molar-refractivity contribution in [2.75, 3.05) is 31.7 Å². The summed E-state index contributed by atoms with van der Waals surface area (Å²) in [6, 6.07) is 13.9. The summed E-state index contributed by atoms with van der Waals surface area (Å²) in [4.78, 5) is 16.1. The average Bonchev–Trinajstić information content (AvgIpc) is 2.85. The number of hydrogen-bond donors (Lipinski definition) is 4. The van der Waals surface area contributed by atoms with Gasteiger partial charge in [0.25, 0.3) is 0 Å². The van der Waals surface area contributed by atoms with E-state index in [0.717, 1.165) is 37.1 Å². The number of benzene rings is 2. The van der Waals surface area contributed by atoms with E-state index in [1.807, 2.05) is 6.07 Å². The summed E-state index contributed by atoms with van der Waals surface area (Å²) in [6.45, 7) is 2.04. The van der Waals surface area contributed by atoms with Crippen LogP contribution < -0.4 is 21.5 Å². The molecule has 4 rings (SSSR count). The Morgan fingerprint density at radius 3 is 2.70 bits per heavy atom. The molecule has 8 nitrogen and oxygen atoms in total. The van der Waals surface area contributed by atoms with Gasteiger partial charge in [-0.1, -0.05) is 18.2 Å². The number of rotatable bonds is 6. The van der Waals surface area contributed by atoms with E-state index >= 15 is 0 Å². The fourth-order valence-corrected chi connectivity index (χ4v) is 4.09. The van der Waals surface area contributed by atoms with E-state index in [1.54, 1.807) is 42.5 Å². The lowest BCUT2D eigenvalue weighted by Gasteiger charge is -2.25. The van der Waals surface area contributed by atoms with Crippen molar-refractivity contribution < 1.29 is 19.4 Å². The third-order valence-corrected chi connectivity index (χ3v) is 5.89. The molecule has 1 aliphatic heterocycles. The topological polar surface area (TPSA) is 133 Å². The van der Waals surface area contributed by atoms with Crippen LogP contribution in [0.25, 0.3) is 11.3 Å². The van der Waals surface area contributed by atoms with Crippen LogP contribution in [0.15, 0.2) is 48.5 Å². The number of anilines is 2. The summed E-state index contributed by atoms with van der Waals surface area (Å²) < 4.78 is 10.8. The number of piperidine rings is 1. The molecule has 33 heavy (non-hydrogen) atoms. The molecule has 0 radical (unpaired) electrons. The number of nitrogens with one attached hydrogen (secondary N) is 1. The Morgan fingerprint density at radius 2 is 2.00 bits per heavy atom. The second-order valence-corrected chi connectivity index (χ2v) is 8.07. The van der Waals surface area contributed by atoms with Crippen LogP contribution in [0.2, 0.25) is 0 Å². The molecule has 2 aromatic carbocycles. The van der Waals surface area contributed by atoms with E-state index in [1.165, 1.54) is 7.11 Å². The number of methoxy groups -OCH3 is 1. The second kappa shape index (κ2) is 9.79. The van der Waals surface area contributed by atoms with Crippen molar-refractivity contribution in [3.63, 3.8) is 0 Å². The molecule has 6 N–H and O–H groups in total. The molecule has 0 aliphatic carbocycles. The summed E-state index contributed by atoms with van der Waals surface area (Å²) in [6.07, 6.45) is 2.06. The number of nitrogens with zero attached hydrogens (tertiary/aromatic N) is 1. The smallest absolute Gasteiger partial charge is 0.337 e. The number of carbonyl (C=O) groups is 1. The van der Waals surface area contributed by atoms with Crippen molar-refractivity contribution in [1.82, 2.24) is 10.3 Å². The van der Waals surface area contributed by atoms with Gasteiger partial charge in [-0.25, -0.2) is 9.78 Å². The Balaban J connectivity index is 1.63. The van der Waals surface area contributed by atoms with Crippen molar-refractivity contribution in [2.45, 2.75) is 25.4 Å². The molecule has 1 unspecified atom stereocenters. The molecule has 0 spiro atoms. The van der Waals surface area contributed by atoms with Gasteiger partial charge in [-0.3, -0.25) is 0 Å². The first kappa shape index (κ1) is 22.4. The molecule has 0 amide bonds. The highest BCUT2D eigenvalue weighted by molar-refractivity contribution is 5.89. The maximum absolute atomic E-state index is 11.6. The molecule has 8 heteroatoms. The Labute approximate surface area is 192 Å². The number of aromatic hydroxyl groups is 1. The van der Waals surface area contributed by atoms with E-state index in [0.29, 0.717) is 28.3 Å². The first-order valence-corrected chi connectivity index (χ1v) is 10.9. The van der Waals surface area contributed by atoms with Crippen molar-refractivity contribution in [2.24, 2.45) is 0 Å². The van der Waals surface area contributed by atoms with Gasteiger partial charge in [0.05, 0.1) is 29.6 Å². The second-order valence-electron chi connectivity index (χ2n) is 8.07. The first-order valence-electron chi connectivity index (χ1n) is 10.9. The number of hydrogen-bond acceptors (Lipinski definition) is 8. The highest BCUT2D eigenvalue weighted by Crippen LogP contribution is 2.41. The van der Waals surface area contributed by atoms with E-state index in [9.17, 15) is 9.90 Å². The van der Waals surface area contributed by atoms with Crippen molar-refractivity contribution in [1.29, 1.82) is 0 Å². The first-order chi connectivity index (χ1) is 16.0. The van der Waals surface area contributed by atoms with Crippen molar-refractivity contribution >= 4 is 17.5 Å². The lowest BCUT2D eigenvalue weighted by Crippen LogP contribution is -2.29. The number of nitrogen functional groups attached to an aromatic ring is 2. The molecule has 1 aromatic heterocycles. The summed E-state index contributed by atoms with van der Waals surface area (Å²) in [5.41, 5.74) is 16.1. The minimum atomic E-state index is -0.395. The Morgan fingerprint density at radius 1 is 1.21 bits per heavy atom. The molecule has 1 atom stereocenters. The van der Waals surface area contributed by atoms with Gasteiger partial charge in [0, 0.05) is 6.54 Å². The fraction of sp³-hybridized carbons (Fsp3) is 0.280. The van der Waals surface area contributed by atoms with E-state index in [-0.39, 0.29) is 24.1 Å². The van der Waals surface area contributed by atoms with Crippen LogP contribution in [0.1, 0.15) is 40.2 Å². The zero-order valence-corrected chi connectivity index (χ0v) is 18.5. The normalized spacial score (nSPS) is 15.7. The predicted octanol–water partition coefficient (Wildman–Crippen LogP) is 3.45. The molecule has 3 aromatic rings. The number of phenols is 1. The van der Waals surface area contributed by atoms with Crippen LogP contribution in [0.5, 0.6) is 11.5 Å². The van der Waals surface area contributed by atoms with Crippen LogP contribution in [0.3, 0.4) is 0 Å². The third kappa shape index (κ3) is 4.85. The molecule has 2 heterocycles. The molecule has 0 bridgehead atoms. The minimum absolute atomic E-state index is 0.0397. The lowest BCUT2D eigenvalue weighted by molar-refractivity contribution is 0.0600. The monoisotopic (exact) mass is 448 g/mol. The number of pyridine rings is 1. The SMILES string of the molecule is COC(=O)c1ccc(COc2cccc(O)c2-c2cc(C3CCCNC3)c(N)c(N)n2)cc1. The molecule has 1 fully saturated rings. The number of ether oxygens (including phenoxy) is 2. The quantitative estimate of drug-likeness (QED) is 0.422. The van der Waals surface area contributed by atoms with Gasteiger partial charge in [0.15, 0.2) is 0 Å². The number of nitrogens with two attached hydrogens (primary N) is 2. The van der Waals surface area contributed by atoms with Crippen LogP contribution in [-0.4, -0.2) is 36.3 Å². The van der Waals surface area contributed by atoms with Crippen LogP contribution >= 0.6 is 0 Å². The number of carbonyl (C=O) groups excluding carboxylic acids is 1. The zero-order chi connectivity index (χ0) is 23.4. The van der Waals surface area contributed by atoms with Crippen LogP contribution in [-0.2, 0) is 11.3 Å². The lowest BCUT2D eigenvalue weighted by atomic mass is 9.89. The molecular weight excluding hydrogens is 420 g/mol. The van der Waals surface area contributed by atoms with Gasteiger partial charge in [-0.05, 0) is 66.8 Å². The van der Waals surface area contributed by atoms with Crippen LogP contribution in [0, 0.1) is 0 Å². The third-order valence-electron chi connectivity index (χ3n) is 5.89. The minimum Gasteiger partial charge on any atom is -0.507 e. The number of phenolic OH excluding ortho intramolecular Hbond substituents is 1. The number of aromatic nitrogens is 1. The van der Waals surface area contributed by atoms with Crippen LogP contribution in [0.4, 0.5) is 11.5 Å². The summed E-state index contributed by atoms with van der Waals surface area (Å²) in [5.74, 6) is 0.579. The largest absolute Gasteiger partial charge is 0.507 e. The van der Waals surface area contributed by atoms with Crippen molar-refractivity contribution in [3.05, 3.63) is 65.2 Å². The van der Waals surface area contributed by atoms with Gasteiger partial charge < -0.3 is 31.4 Å². The van der Waals surface area contributed by atoms with E-state index < -0.39 is 5.97 Å². The van der Waals surface area contributed by atoms with Gasteiger partial charge in [0.1, 0.15) is 23.9 Å². The Bertz CT molecular complexity index is 1140. The Kier molecular flexibility index (Phi) is 6.65. The Hall–Kier alpha value is -3.78. The van der Waals surface area contributed by atoms with Crippen molar-refractivity contribution in [3.8, 4) is 22.8 Å². The number of esters is 1. The van der Waals surface area contributed by atoms with Gasteiger partial charge in [-0.15, -0.1) is 0 Å². The predicted molar refractivity (Wildman–Crippen MR) is 127 cm³/mol. The molecule has 172 valence electrons. The standard InChI is InChI=1S/C25H28N4O4/c1-32-25(31)16-9-7-15(8-10-16)14-33-21-6-2-5-20(30)22(21)19-12-18(23(26)24(27)29-19)17-4-3-11-28-13-17/h2,5-10,12,17,28,30H,3-4,11,13-14,26H2,1H3,(H2,27,29). The van der Waals surface area contributed by atoms with E-state index in [2.05, 4.69) is 10.3 Å². The molecule has 0 saturated carbocycles. The van der Waals surface area contributed by atoms with E-state index in [4.69, 9.17) is 20.9 Å². The molecule has 1 saturated heterocycles. The molecular formula is C25H28N4O4. The summed E-state index contributed by atoms with van der Waals surface area (Å²) in [5, 5.41) is 14.1. The summed E-state index contributed by atoms with van der Waals surface area (Å²) in [7, 11) is 1.34. The fourth-order valence-electron chi connectivity index (χ4n) is 4.09. The maximum Gasteiger partial charge on any atom is 0.337 e. The van der Waals surface area contributed by atoms with Gasteiger partial charge >= 0.3 is 5.97 Å². The van der Waals surface area contributed by atoms with Gasteiger partial charge in [-0.2, -0.15) is 0 Å². The highest BCUT2D eigenvalue weighted by Gasteiger charge is 2.22. The molecule has 1 aliphatic rings.